The fourth-order valence-corrected chi connectivity index (χ4v) is 2.00. The Morgan fingerprint density at radius 2 is 2.06 bits per heavy atom. The summed E-state index contributed by atoms with van der Waals surface area (Å²) in [5.74, 6) is -2.11. The number of non-ortho nitro benzene ring substituents is 1. The molecule has 2 N–H and O–H groups in total. The minimum atomic E-state index is -4.44. The summed E-state index contributed by atoms with van der Waals surface area (Å²) in [7, 11) is -4.44. The van der Waals surface area contributed by atoms with Crippen LogP contribution in [-0.4, -0.2) is 29.6 Å². The molecule has 1 amide bonds. The van der Waals surface area contributed by atoms with Gasteiger partial charge in [-0.2, -0.15) is 8.42 Å². The van der Waals surface area contributed by atoms with E-state index in [0.29, 0.717) is 4.47 Å². The van der Waals surface area contributed by atoms with Crippen LogP contribution in [0, 0.1) is 10.1 Å². The third-order valence-electron chi connectivity index (χ3n) is 1.69. The van der Waals surface area contributed by atoms with Crippen LogP contribution in [0.25, 0.3) is 0 Å². The first-order valence-electron chi connectivity index (χ1n) is 4.37. The first-order chi connectivity index (χ1) is 8.17. The van der Waals surface area contributed by atoms with Crippen LogP contribution in [0.4, 0.5) is 11.4 Å². The van der Waals surface area contributed by atoms with Crippen molar-refractivity contribution in [2.45, 2.75) is 0 Å². The molecular formula is C8H7BrN2O6S. The van der Waals surface area contributed by atoms with Crippen molar-refractivity contribution in [1.29, 1.82) is 0 Å². The zero-order valence-electron chi connectivity index (χ0n) is 8.66. The first kappa shape index (κ1) is 14.5. The summed E-state index contributed by atoms with van der Waals surface area (Å²) in [6, 6.07) is 3.64. The van der Waals surface area contributed by atoms with Crippen molar-refractivity contribution < 1.29 is 22.7 Å². The van der Waals surface area contributed by atoms with Gasteiger partial charge in [0, 0.05) is 22.3 Å². The molecule has 0 atom stereocenters. The minimum absolute atomic E-state index is 0.0460. The lowest BCUT2D eigenvalue weighted by atomic mass is 10.3. The molecule has 0 saturated heterocycles. The van der Waals surface area contributed by atoms with Crippen LogP contribution in [0.5, 0.6) is 0 Å². The Balaban J connectivity index is 2.91. The third-order valence-corrected chi connectivity index (χ3v) is 2.78. The monoisotopic (exact) mass is 338 g/mol. The Morgan fingerprint density at radius 3 is 2.56 bits per heavy atom. The number of nitrogens with one attached hydrogen (secondary N) is 1. The van der Waals surface area contributed by atoms with E-state index in [1.54, 1.807) is 0 Å². The number of rotatable bonds is 4. The number of carbonyl (C=O) groups is 1. The Hall–Kier alpha value is -1.52. The van der Waals surface area contributed by atoms with Gasteiger partial charge in [0.1, 0.15) is 0 Å². The number of carbonyl (C=O) groups excluding carboxylic acids is 1. The second-order valence-corrected chi connectivity index (χ2v) is 5.60. The quantitative estimate of drug-likeness (QED) is 0.482. The number of halogens is 1. The summed E-state index contributed by atoms with van der Waals surface area (Å²) >= 11 is 3.01. The topological polar surface area (TPSA) is 127 Å². The highest BCUT2D eigenvalue weighted by atomic mass is 79.9. The highest BCUT2D eigenvalue weighted by Gasteiger charge is 2.15. The van der Waals surface area contributed by atoms with Crippen molar-refractivity contribution in [3.8, 4) is 0 Å². The van der Waals surface area contributed by atoms with Gasteiger partial charge in [-0.3, -0.25) is 19.5 Å². The molecule has 0 unspecified atom stereocenters. The van der Waals surface area contributed by atoms with Crippen LogP contribution in [0.2, 0.25) is 0 Å². The number of hydrogen-bond donors (Lipinski definition) is 2. The van der Waals surface area contributed by atoms with E-state index in [4.69, 9.17) is 4.55 Å². The number of benzene rings is 1. The van der Waals surface area contributed by atoms with Crippen molar-refractivity contribution >= 4 is 43.3 Å². The van der Waals surface area contributed by atoms with Crippen LogP contribution < -0.4 is 5.32 Å². The largest absolute Gasteiger partial charge is 0.325 e. The van der Waals surface area contributed by atoms with Crippen molar-refractivity contribution in [2.75, 3.05) is 11.1 Å². The lowest BCUT2D eigenvalue weighted by Gasteiger charge is -2.04. The van der Waals surface area contributed by atoms with E-state index in [9.17, 15) is 23.3 Å². The Labute approximate surface area is 110 Å². The zero-order chi connectivity index (χ0) is 13.9. The molecule has 0 heterocycles. The molecule has 1 rings (SSSR count). The summed E-state index contributed by atoms with van der Waals surface area (Å²) < 4.78 is 29.7. The molecule has 1 aromatic rings. The molecule has 98 valence electrons. The van der Waals surface area contributed by atoms with Gasteiger partial charge in [-0.15, -0.1) is 0 Å². The second-order valence-electron chi connectivity index (χ2n) is 3.23. The number of anilines is 1. The van der Waals surface area contributed by atoms with E-state index in [1.807, 2.05) is 0 Å². The Bertz CT molecular complexity index is 600. The van der Waals surface area contributed by atoms with Crippen molar-refractivity contribution in [1.82, 2.24) is 0 Å². The summed E-state index contributed by atoms with van der Waals surface area (Å²) in [5, 5.41) is 12.7. The second kappa shape index (κ2) is 5.42. The summed E-state index contributed by atoms with van der Waals surface area (Å²) in [6.07, 6.45) is 0. The molecule has 0 bridgehead atoms. The molecule has 0 radical (unpaired) electrons. The number of hydrogen-bond acceptors (Lipinski definition) is 5. The molecule has 0 aromatic heterocycles. The average molecular weight is 339 g/mol. The highest BCUT2D eigenvalue weighted by Crippen LogP contribution is 2.24. The smallest absolute Gasteiger partial charge is 0.274 e. The van der Waals surface area contributed by atoms with Crippen molar-refractivity contribution in [3.63, 3.8) is 0 Å². The van der Waals surface area contributed by atoms with Crippen LogP contribution in [0.1, 0.15) is 0 Å². The van der Waals surface area contributed by atoms with E-state index in [0.717, 1.165) is 6.07 Å². The van der Waals surface area contributed by atoms with Crippen LogP contribution >= 0.6 is 15.9 Å². The van der Waals surface area contributed by atoms with Crippen molar-refractivity contribution in [3.05, 3.63) is 32.8 Å². The average Bonchev–Trinajstić information content (AvgIpc) is 2.12. The van der Waals surface area contributed by atoms with E-state index in [2.05, 4.69) is 21.2 Å². The Morgan fingerprint density at radius 1 is 1.44 bits per heavy atom. The van der Waals surface area contributed by atoms with Gasteiger partial charge in [0.2, 0.25) is 5.91 Å². The molecule has 0 spiro atoms. The maximum atomic E-state index is 11.2. The molecule has 0 saturated carbocycles. The van der Waals surface area contributed by atoms with E-state index in [1.165, 1.54) is 12.1 Å². The van der Waals surface area contributed by atoms with E-state index < -0.39 is 26.7 Å². The van der Waals surface area contributed by atoms with Crippen LogP contribution in [-0.2, 0) is 14.9 Å². The third kappa shape index (κ3) is 4.77. The fourth-order valence-electron chi connectivity index (χ4n) is 1.11. The van der Waals surface area contributed by atoms with E-state index >= 15 is 0 Å². The molecule has 0 aliphatic heterocycles. The summed E-state index contributed by atoms with van der Waals surface area (Å²) in [5.41, 5.74) is -0.226. The standard InChI is InChI=1S/C8H7BrN2O6S/c9-5-1-6(3-7(2-5)11(13)14)10-8(12)4-18(15,16)17/h1-3H,4H2,(H,10,12)(H,15,16,17). The summed E-state index contributed by atoms with van der Waals surface area (Å²) in [6.45, 7) is 0. The molecular weight excluding hydrogens is 332 g/mol. The highest BCUT2D eigenvalue weighted by molar-refractivity contribution is 9.10. The number of nitrogens with zero attached hydrogens (tertiary/aromatic N) is 1. The minimum Gasteiger partial charge on any atom is -0.325 e. The molecule has 1 aromatic carbocycles. The molecule has 0 aliphatic rings. The number of nitro benzene ring substituents is 1. The molecule has 18 heavy (non-hydrogen) atoms. The van der Waals surface area contributed by atoms with Crippen molar-refractivity contribution in [2.24, 2.45) is 0 Å². The number of nitro groups is 1. The molecule has 10 heteroatoms. The first-order valence-corrected chi connectivity index (χ1v) is 6.77. The number of amides is 1. The van der Waals surface area contributed by atoms with Gasteiger partial charge < -0.3 is 5.32 Å². The molecule has 8 nitrogen and oxygen atoms in total. The maximum Gasteiger partial charge on any atom is 0.274 e. The lowest BCUT2D eigenvalue weighted by Crippen LogP contribution is -2.22. The SMILES string of the molecule is O=C(CS(=O)(=O)O)Nc1cc(Br)cc([N+](=O)[O-])c1. The lowest BCUT2D eigenvalue weighted by molar-refractivity contribution is -0.384. The van der Waals surface area contributed by atoms with Crippen LogP contribution in [0.15, 0.2) is 22.7 Å². The predicted molar refractivity (Wildman–Crippen MR) is 65.8 cm³/mol. The van der Waals surface area contributed by atoms with Gasteiger partial charge in [0.25, 0.3) is 15.8 Å². The fraction of sp³-hybridized carbons (Fsp3) is 0.125. The maximum absolute atomic E-state index is 11.2. The van der Waals surface area contributed by atoms with Gasteiger partial charge in [-0.25, -0.2) is 0 Å². The van der Waals surface area contributed by atoms with E-state index in [-0.39, 0.29) is 11.4 Å². The zero-order valence-corrected chi connectivity index (χ0v) is 11.1. The predicted octanol–water partition coefficient (Wildman–Crippen LogP) is 1.18. The van der Waals surface area contributed by atoms with Crippen LogP contribution in [0.3, 0.4) is 0 Å². The molecule has 0 aliphatic carbocycles. The van der Waals surface area contributed by atoms with Gasteiger partial charge in [0.05, 0.1) is 4.92 Å². The van der Waals surface area contributed by atoms with Gasteiger partial charge in [-0.05, 0) is 6.07 Å². The Kier molecular flexibility index (Phi) is 4.38. The molecule has 0 fully saturated rings. The van der Waals surface area contributed by atoms with Gasteiger partial charge in [0.15, 0.2) is 5.75 Å². The summed E-state index contributed by atoms with van der Waals surface area (Å²) in [4.78, 5) is 21.1. The van der Waals surface area contributed by atoms with Gasteiger partial charge >= 0.3 is 0 Å². The van der Waals surface area contributed by atoms with Gasteiger partial charge in [-0.1, -0.05) is 15.9 Å². The normalized spacial score (nSPS) is 11.0.